The number of benzene rings is 1. The molecule has 0 aromatic heterocycles. The topological polar surface area (TPSA) is 92.3 Å². The van der Waals surface area contributed by atoms with E-state index in [2.05, 4.69) is 0 Å². The zero-order chi connectivity index (χ0) is 18.2. The van der Waals surface area contributed by atoms with Gasteiger partial charge in [0.05, 0.1) is 23.3 Å². The molecule has 3 atom stereocenters. The second-order valence-corrected chi connectivity index (χ2v) is 6.01. The molecule has 0 bridgehead atoms. The number of hydrogen-bond donors (Lipinski definition) is 0. The van der Waals surface area contributed by atoms with E-state index in [0.29, 0.717) is 17.6 Å². The van der Waals surface area contributed by atoms with Gasteiger partial charge in [-0.1, -0.05) is 24.6 Å². The van der Waals surface area contributed by atoms with Gasteiger partial charge in [0.25, 0.3) is 0 Å². The van der Waals surface area contributed by atoms with Crippen LogP contribution in [0.15, 0.2) is 36.1 Å². The number of ether oxygens (including phenoxy) is 3. The molecule has 1 aromatic rings. The third kappa shape index (κ3) is 5.07. The molecule has 1 aliphatic rings. The summed E-state index contributed by atoms with van der Waals surface area (Å²) in [7, 11) is 0. The summed E-state index contributed by atoms with van der Waals surface area (Å²) in [6, 6.07) is 11.0. The SMILES string of the molecule is Cc1ccc(C(=O)OC[C@@H]2CC(C)[C@H](/C(C#N)=C/OCC#N)O2)cc1. The van der Waals surface area contributed by atoms with Crippen molar-refractivity contribution in [1.82, 2.24) is 0 Å². The highest BCUT2D eigenvalue weighted by Crippen LogP contribution is 2.31. The van der Waals surface area contributed by atoms with E-state index in [-0.39, 0.29) is 25.2 Å². The minimum absolute atomic E-state index is 0.0830. The highest BCUT2D eigenvalue weighted by Gasteiger charge is 2.35. The minimum Gasteiger partial charge on any atom is -0.485 e. The van der Waals surface area contributed by atoms with Crippen molar-refractivity contribution in [3.8, 4) is 12.1 Å². The number of rotatable bonds is 6. The van der Waals surface area contributed by atoms with Crippen molar-refractivity contribution >= 4 is 5.97 Å². The number of nitriles is 2. The van der Waals surface area contributed by atoms with Crippen LogP contribution in [0.5, 0.6) is 0 Å². The van der Waals surface area contributed by atoms with E-state index < -0.39 is 12.1 Å². The lowest BCUT2D eigenvalue weighted by Gasteiger charge is -2.14. The molecular formula is C19H20N2O4. The third-order valence-electron chi connectivity index (χ3n) is 3.97. The molecule has 1 fully saturated rings. The Bertz CT molecular complexity index is 712. The normalized spacial score (nSPS) is 22.7. The van der Waals surface area contributed by atoms with E-state index >= 15 is 0 Å². The van der Waals surface area contributed by atoms with Crippen LogP contribution in [0.1, 0.15) is 29.3 Å². The van der Waals surface area contributed by atoms with Crippen molar-refractivity contribution in [3.63, 3.8) is 0 Å². The molecule has 1 unspecified atom stereocenters. The summed E-state index contributed by atoms with van der Waals surface area (Å²) in [4.78, 5) is 12.0. The van der Waals surface area contributed by atoms with E-state index in [1.54, 1.807) is 12.1 Å². The van der Waals surface area contributed by atoms with Crippen LogP contribution < -0.4 is 0 Å². The molecule has 2 rings (SSSR count). The molecule has 0 spiro atoms. The number of hydrogen-bond acceptors (Lipinski definition) is 6. The van der Waals surface area contributed by atoms with Gasteiger partial charge in [-0.2, -0.15) is 10.5 Å². The van der Waals surface area contributed by atoms with Gasteiger partial charge in [0.15, 0.2) is 6.61 Å². The van der Waals surface area contributed by atoms with Crippen molar-refractivity contribution in [3.05, 3.63) is 47.2 Å². The molecule has 0 radical (unpaired) electrons. The summed E-state index contributed by atoms with van der Waals surface area (Å²) < 4.78 is 16.1. The third-order valence-corrected chi connectivity index (χ3v) is 3.97. The molecule has 0 amide bonds. The van der Waals surface area contributed by atoms with Gasteiger partial charge in [-0.3, -0.25) is 0 Å². The smallest absolute Gasteiger partial charge is 0.338 e. The van der Waals surface area contributed by atoms with Gasteiger partial charge in [-0.25, -0.2) is 4.79 Å². The first kappa shape index (κ1) is 18.5. The molecule has 1 saturated heterocycles. The largest absolute Gasteiger partial charge is 0.485 e. The minimum atomic E-state index is -0.424. The highest BCUT2D eigenvalue weighted by molar-refractivity contribution is 5.89. The van der Waals surface area contributed by atoms with Gasteiger partial charge in [0, 0.05) is 0 Å². The maximum absolute atomic E-state index is 12.0. The van der Waals surface area contributed by atoms with Crippen molar-refractivity contribution < 1.29 is 19.0 Å². The average Bonchev–Trinajstić information content (AvgIpc) is 2.98. The molecule has 0 aliphatic carbocycles. The molecule has 6 nitrogen and oxygen atoms in total. The fourth-order valence-electron chi connectivity index (χ4n) is 2.69. The van der Waals surface area contributed by atoms with E-state index in [4.69, 9.17) is 19.5 Å². The van der Waals surface area contributed by atoms with Crippen LogP contribution in [0, 0.1) is 35.5 Å². The molecule has 0 saturated carbocycles. The monoisotopic (exact) mass is 340 g/mol. The van der Waals surface area contributed by atoms with E-state index in [9.17, 15) is 10.1 Å². The van der Waals surface area contributed by atoms with E-state index in [1.807, 2.05) is 38.1 Å². The molecule has 0 N–H and O–H groups in total. The van der Waals surface area contributed by atoms with Crippen molar-refractivity contribution in [1.29, 1.82) is 10.5 Å². The van der Waals surface area contributed by atoms with Crippen LogP contribution in [0.2, 0.25) is 0 Å². The Hall–Kier alpha value is -2.83. The molecule has 25 heavy (non-hydrogen) atoms. The Labute approximate surface area is 147 Å². The number of carbonyl (C=O) groups excluding carboxylic acids is 1. The molecular weight excluding hydrogens is 320 g/mol. The standard InChI is InChI=1S/C19H20N2O4/c1-13-3-5-15(6-4-13)19(22)24-12-17-9-14(2)18(25-17)16(10-21)11-23-8-7-20/h3-6,11,14,17-18H,8-9,12H2,1-2H3/b16-11+/t14?,17-,18+/m0/s1. The summed E-state index contributed by atoms with van der Waals surface area (Å²) in [6.45, 7) is 3.92. The first-order valence-corrected chi connectivity index (χ1v) is 8.03. The number of esters is 1. The predicted octanol–water partition coefficient (Wildman–Crippen LogP) is 2.89. The quantitative estimate of drug-likeness (QED) is 0.342. The molecule has 6 heteroatoms. The summed E-state index contributed by atoms with van der Waals surface area (Å²) in [5.74, 6) is -0.312. The Morgan fingerprint density at radius 2 is 2.08 bits per heavy atom. The molecule has 1 aromatic carbocycles. The van der Waals surface area contributed by atoms with Crippen LogP contribution >= 0.6 is 0 Å². The molecule has 1 heterocycles. The number of aryl methyl sites for hydroxylation is 1. The van der Waals surface area contributed by atoms with Crippen LogP contribution in [-0.4, -0.2) is 31.4 Å². The lowest BCUT2D eigenvalue weighted by atomic mass is 9.97. The number of carbonyl (C=O) groups is 1. The van der Waals surface area contributed by atoms with E-state index in [1.165, 1.54) is 6.26 Å². The van der Waals surface area contributed by atoms with Crippen LogP contribution in [-0.2, 0) is 14.2 Å². The second-order valence-electron chi connectivity index (χ2n) is 6.01. The Balaban J connectivity index is 1.89. The van der Waals surface area contributed by atoms with Gasteiger partial charge in [-0.15, -0.1) is 0 Å². The van der Waals surface area contributed by atoms with Crippen LogP contribution in [0.25, 0.3) is 0 Å². The summed E-state index contributed by atoms with van der Waals surface area (Å²) in [6.07, 6.45) is 1.24. The lowest BCUT2D eigenvalue weighted by molar-refractivity contribution is -0.000333. The predicted molar refractivity (Wildman–Crippen MR) is 89.2 cm³/mol. The maximum Gasteiger partial charge on any atom is 0.338 e. The Morgan fingerprint density at radius 1 is 1.36 bits per heavy atom. The Kier molecular flexibility index (Phi) is 6.56. The van der Waals surface area contributed by atoms with Gasteiger partial charge >= 0.3 is 5.97 Å². The summed E-state index contributed by atoms with van der Waals surface area (Å²) in [5, 5.41) is 17.7. The highest BCUT2D eigenvalue weighted by atomic mass is 16.6. The fraction of sp³-hybridized carbons (Fsp3) is 0.421. The lowest BCUT2D eigenvalue weighted by Crippen LogP contribution is -2.21. The summed E-state index contributed by atoms with van der Waals surface area (Å²) >= 11 is 0. The summed E-state index contributed by atoms with van der Waals surface area (Å²) in [5.41, 5.74) is 1.90. The number of nitrogens with zero attached hydrogens (tertiary/aromatic N) is 2. The van der Waals surface area contributed by atoms with Crippen molar-refractivity contribution in [2.75, 3.05) is 13.2 Å². The maximum atomic E-state index is 12.0. The fourth-order valence-corrected chi connectivity index (χ4v) is 2.69. The molecule has 130 valence electrons. The second kappa shape index (κ2) is 8.86. The Morgan fingerprint density at radius 3 is 2.72 bits per heavy atom. The van der Waals surface area contributed by atoms with Gasteiger partial charge in [0.1, 0.15) is 25.0 Å². The van der Waals surface area contributed by atoms with Crippen LogP contribution in [0.3, 0.4) is 0 Å². The molecule has 1 aliphatic heterocycles. The first-order chi connectivity index (χ1) is 12.0. The average molecular weight is 340 g/mol. The van der Waals surface area contributed by atoms with E-state index in [0.717, 1.165) is 5.56 Å². The van der Waals surface area contributed by atoms with Gasteiger partial charge in [-0.05, 0) is 31.4 Å². The van der Waals surface area contributed by atoms with Crippen molar-refractivity contribution in [2.45, 2.75) is 32.5 Å². The zero-order valence-corrected chi connectivity index (χ0v) is 14.3. The first-order valence-electron chi connectivity index (χ1n) is 8.03. The van der Waals surface area contributed by atoms with Crippen molar-refractivity contribution in [2.24, 2.45) is 5.92 Å². The van der Waals surface area contributed by atoms with Gasteiger partial charge in [0.2, 0.25) is 0 Å². The van der Waals surface area contributed by atoms with Gasteiger partial charge < -0.3 is 14.2 Å². The van der Waals surface area contributed by atoms with Crippen LogP contribution in [0.4, 0.5) is 0 Å². The zero-order valence-electron chi connectivity index (χ0n) is 14.3.